The van der Waals surface area contributed by atoms with Gasteiger partial charge < -0.3 is 14.8 Å². The first kappa shape index (κ1) is 25.6. The lowest BCUT2D eigenvalue weighted by molar-refractivity contribution is -0.122. The molecule has 0 saturated carbocycles. The Bertz CT molecular complexity index is 1420. The number of para-hydroxylation sites is 1. The summed E-state index contributed by atoms with van der Waals surface area (Å²) in [6.45, 7) is -0.382. The van der Waals surface area contributed by atoms with Crippen LogP contribution in [-0.4, -0.2) is 37.5 Å². The summed E-state index contributed by atoms with van der Waals surface area (Å²) in [6.07, 6.45) is 1.33. The van der Waals surface area contributed by atoms with E-state index in [2.05, 4.69) is 26.6 Å². The molecule has 4 rings (SSSR count). The molecule has 0 unspecified atom stereocenters. The summed E-state index contributed by atoms with van der Waals surface area (Å²) in [5.41, 5.74) is 0.507. The minimum absolute atomic E-state index is 0.0368. The van der Waals surface area contributed by atoms with Gasteiger partial charge in [0.2, 0.25) is 0 Å². The van der Waals surface area contributed by atoms with E-state index in [-0.39, 0.29) is 23.6 Å². The molecule has 1 heterocycles. The largest absolute Gasteiger partial charge is 0.497 e. The third-order valence-electron chi connectivity index (χ3n) is 5.21. The zero-order chi connectivity index (χ0) is 26.5. The maximum absolute atomic E-state index is 13.7. The molecule has 0 aromatic heterocycles. The zero-order valence-electron chi connectivity index (χ0n) is 19.3. The molecule has 1 aliphatic heterocycles. The number of nitrogens with zero attached hydrogens (tertiary/aromatic N) is 1. The Kier molecular flexibility index (Phi) is 7.63. The highest BCUT2D eigenvalue weighted by Crippen LogP contribution is 2.29. The van der Waals surface area contributed by atoms with Gasteiger partial charge >= 0.3 is 6.03 Å². The molecular weight excluding hydrogens is 549 g/mol. The van der Waals surface area contributed by atoms with Crippen LogP contribution in [-0.2, 0) is 14.4 Å². The number of anilines is 2. The molecule has 0 spiro atoms. The van der Waals surface area contributed by atoms with Crippen molar-refractivity contribution in [3.8, 4) is 11.5 Å². The number of ether oxygens (including phenoxy) is 2. The number of halogens is 2. The third kappa shape index (κ3) is 5.84. The molecule has 0 bridgehead atoms. The predicted molar refractivity (Wildman–Crippen MR) is 137 cm³/mol. The first-order chi connectivity index (χ1) is 17.8. The molecule has 1 fully saturated rings. The maximum atomic E-state index is 13.7. The molecule has 1 saturated heterocycles. The number of methoxy groups -OCH3 is 1. The first-order valence-corrected chi connectivity index (χ1v) is 11.6. The molecule has 3 aromatic rings. The second-order valence-electron chi connectivity index (χ2n) is 7.66. The minimum atomic E-state index is -0.865. The van der Waals surface area contributed by atoms with E-state index in [9.17, 15) is 23.6 Å². The standard InChI is InChI=1S/C26H19BrFN3O6/c1-36-17-9-7-16(8-10-17)31-25(34)18(24(33)30-26(31)35)12-15-6-11-22(19(27)13-15)37-14-23(32)29-21-5-3-2-4-20(21)28/h2-13H,14H2,1H3,(H,29,32)(H,30,33,35)/b18-12+. The van der Waals surface area contributed by atoms with Crippen LogP contribution in [0.4, 0.5) is 20.6 Å². The van der Waals surface area contributed by atoms with Gasteiger partial charge in [-0.25, -0.2) is 14.1 Å². The number of nitrogens with one attached hydrogen (secondary N) is 2. The van der Waals surface area contributed by atoms with Crippen LogP contribution in [0.2, 0.25) is 0 Å². The lowest BCUT2D eigenvalue weighted by atomic mass is 10.1. The van der Waals surface area contributed by atoms with Gasteiger partial charge in [0.15, 0.2) is 6.61 Å². The molecule has 37 heavy (non-hydrogen) atoms. The SMILES string of the molecule is COc1ccc(N2C(=O)NC(=O)/C(=C\c3ccc(OCC(=O)Nc4ccccc4F)c(Br)c3)C2=O)cc1. The monoisotopic (exact) mass is 567 g/mol. The second-order valence-corrected chi connectivity index (χ2v) is 8.52. The summed E-state index contributed by atoms with van der Waals surface area (Å²) in [4.78, 5) is 50.8. The fourth-order valence-electron chi connectivity index (χ4n) is 3.41. The average Bonchev–Trinajstić information content (AvgIpc) is 2.87. The van der Waals surface area contributed by atoms with Crippen molar-refractivity contribution in [2.45, 2.75) is 0 Å². The number of benzene rings is 3. The second kappa shape index (κ2) is 11.0. The van der Waals surface area contributed by atoms with Gasteiger partial charge in [0.05, 0.1) is 23.0 Å². The van der Waals surface area contributed by atoms with E-state index in [0.717, 1.165) is 4.90 Å². The number of barbiturate groups is 1. The highest BCUT2D eigenvalue weighted by atomic mass is 79.9. The van der Waals surface area contributed by atoms with E-state index in [4.69, 9.17) is 9.47 Å². The van der Waals surface area contributed by atoms with Crippen LogP contribution in [0, 0.1) is 5.82 Å². The number of rotatable bonds is 7. The number of hydrogen-bond acceptors (Lipinski definition) is 6. The van der Waals surface area contributed by atoms with Crippen molar-refractivity contribution in [2.75, 3.05) is 23.9 Å². The summed E-state index contributed by atoms with van der Waals surface area (Å²) >= 11 is 3.33. The van der Waals surface area contributed by atoms with Crippen molar-refractivity contribution in [3.63, 3.8) is 0 Å². The van der Waals surface area contributed by atoms with E-state index < -0.39 is 29.6 Å². The van der Waals surface area contributed by atoms with Crippen LogP contribution < -0.4 is 25.0 Å². The Morgan fingerprint density at radius 2 is 1.81 bits per heavy atom. The van der Waals surface area contributed by atoms with E-state index in [1.807, 2.05) is 0 Å². The molecule has 9 nitrogen and oxygen atoms in total. The van der Waals surface area contributed by atoms with Crippen molar-refractivity contribution in [1.82, 2.24) is 5.32 Å². The molecule has 0 atom stereocenters. The van der Waals surface area contributed by atoms with Crippen molar-refractivity contribution >= 4 is 57.1 Å². The van der Waals surface area contributed by atoms with Gasteiger partial charge in [-0.1, -0.05) is 18.2 Å². The lowest BCUT2D eigenvalue weighted by Crippen LogP contribution is -2.54. The normalized spacial score (nSPS) is 14.4. The average molecular weight is 568 g/mol. The van der Waals surface area contributed by atoms with E-state index >= 15 is 0 Å². The fraction of sp³-hybridized carbons (Fsp3) is 0.0769. The number of imide groups is 2. The van der Waals surface area contributed by atoms with Gasteiger partial charge in [-0.2, -0.15) is 0 Å². The first-order valence-electron chi connectivity index (χ1n) is 10.8. The van der Waals surface area contributed by atoms with Crippen molar-refractivity contribution in [1.29, 1.82) is 0 Å². The summed E-state index contributed by atoms with van der Waals surface area (Å²) in [5.74, 6) is -1.90. The molecule has 5 amide bonds. The molecule has 188 valence electrons. The molecule has 3 aromatic carbocycles. The maximum Gasteiger partial charge on any atom is 0.335 e. The Morgan fingerprint density at radius 3 is 2.49 bits per heavy atom. The predicted octanol–water partition coefficient (Wildman–Crippen LogP) is 4.28. The van der Waals surface area contributed by atoms with Gasteiger partial charge in [0.1, 0.15) is 22.9 Å². The molecule has 1 aliphatic rings. The number of carbonyl (C=O) groups is 4. The van der Waals surface area contributed by atoms with Crippen LogP contribution in [0.3, 0.4) is 0 Å². The summed E-state index contributed by atoms with van der Waals surface area (Å²) < 4.78 is 24.7. The minimum Gasteiger partial charge on any atom is -0.497 e. The highest BCUT2D eigenvalue weighted by Gasteiger charge is 2.36. The summed E-state index contributed by atoms with van der Waals surface area (Å²) in [6, 6.07) is 15.8. The van der Waals surface area contributed by atoms with Crippen LogP contribution >= 0.6 is 15.9 Å². The van der Waals surface area contributed by atoms with Gasteiger partial charge in [-0.05, 0) is 76.1 Å². The number of amides is 5. The smallest absolute Gasteiger partial charge is 0.335 e. The van der Waals surface area contributed by atoms with Crippen LogP contribution in [0.15, 0.2) is 76.8 Å². The number of carbonyl (C=O) groups excluding carboxylic acids is 4. The summed E-state index contributed by atoms with van der Waals surface area (Å²) in [5, 5.41) is 4.58. The van der Waals surface area contributed by atoms with Gasteiger partial charge in [0, 0.05) is 0 Å². The molecular formula is C26H19BrFN3O6. The number of hydrogen-bond donors (Lipinski definition) is 2. The van der Waals surface area contributed by atoms with Crippen molar-refractivity contribution in [3.05, 3.63) is 88.2 Å². The fourth-order valence-corrected chi connectivity index (χ4v) is 3.92. The summed E-state index contributed by atoms with van der Waals surface area (Å²) in [7, 11) is 1.49. The molecule has 11 heteroatoms. The van der Waals surface area contributed by atoms with Gasteiger partial charge in [0.25, 0.3) is 17.7 Å². The Balaban J connectivity index is 1.48. The zero-order valence-corrected chi connectivity index (χ0v) is 20.9. The van der Waals surface area contributed by atoms with Gasteiger partial charge in [-0.15, -0.1) is 0 Å². The van der Waals surface area contributed by atoms with E-state index in [0.29, 0.717) is 21.5 Å². The quantitative estimate of drug-likeness (QED) is 0.325. The topological polar surface area (TPSA) is 114 Å². The molecule has 0 aliphatic carbocycles. The van der Waals surface area contributed by atoms with Crippen molar-refractivity contribution in [2.24, 2.45) is 0 Å². The van der Waals surface area contributed by atoms with Crippen LogP contribution in [0.5, 0.6) is 11.5 Å². The Morgan fingerprint density at radius 1 is 1.08 bits per heavy atom. The Hall–Kier alpha value is -4.51. The molecule has 0 radical (unpaired) electrons. The highest BCUT2D eigenvalue weighted by molar-refractivity contribution is 9.10. The van der Waals surface area contributed by atoms with Crippen LogP contribution in [0.1, 0.15) is 5.56 Å². The molecule has 2 N–H and O–H groups in total. The Labute approximate surface area is 219 Å². The van der Waals surface area contributed by atoms with Crippen molar-refractivity contribution < 1.29 is 33.0 Å². The lowest BCUT2D eigenvalue weighted by Gasteiger charge is -2.26. The van der Waals surface area contributed by atoms with Gasteiger partial charge in [-0.3, -0.25) is 19.7 Å². The van der Waals surface area contributed by atoms with Crippen LogP contribution in [0.25, 0.3) is 6.08 Å². The van der Waals surface area contributed by atoms with E-state index in [1.165, 1.54) is 49.6 Å². The van der Waals surface area contributed by atoms with E-state index in [1.54, 1.807) is 30.3 Å². The number of urea groups is 1. The third-order valence-corrected chi connectivity index (χ3v) is 5.83.